The molecular formula is C34H33F6N5O3S. The molecule has 2 amide bonds. The molecule has 1 saturated heterocycles. The molecule has 15 heteroatoms. The highest BCUT2D eigenvalue weighted by molar-refractivity contribution is 7.99. The van der Waals surface area contributed by atoms with Crippen LogP contribution in [0.4, 0.5) is 26.3 Å². The molecule has 0 aliphatic carbocycles. The van der Waals surface area contributed by atoms with E-state index in [9.17, 15) is 35.9 Å². The van der Waals surface area contributed by atoms with Crippen molar-refractivity contribution in [1.82, 2.24) is 24.6 Å². The van der Waals surface area contributed by atoms with Crippen molar-refractivity contribution in [3.63, 3.8) is 0 Å². The SMILES string of the molecule is COc1ccc(-n2c(SCCCCC(=O)N3CCN(C(=O)c4cc(C(F)(F)F)cc(C(F)(F)F)c4)C(C)C3)nnc2-c2ccccc2)cc1. The summed E-state index contributed by atoms with van der Waals surface area (Å²) in [6.07, 6.45) is -8.62. The molecule has 1 fully saturated rings. The Hall–Kier alpha value is -4.53. The molecule has 2 heterocycles. The zero-order valence-electron chi connectivity index (χ0n) is 26.6. The number of nitrogens with zero attached hydrogens (tertiary/aromatic N) is 5. The van der Waals surface area contributed by atoms with Crippen molar-refractivity contribution < 1.29 is 40.7 Å². The summed E-state index contributed by atoms with van der Waals surface area (Å²) in [4.78, 5) is 28.9. The molecule has 1 aliphatic heterocycles. The van der Waals surface area contributed by atoms with Gasteiger partial charge in [0.15, 0.2) is 11.0 Å². The number of benzene rings is 3. The van der Waals surface area contributed by atoms with Crippen LogP contribution in [0.5, 0.6) is 5.75 Å². The van der Waals surface area contributed by atoms with Crippen LogP contribution in [-0.4, -0.2) is 74.9 Å². The summed E-state index contributed by atoms with van der Waals surface area (Å²) in [6, 6.07) is 17.5. The first-order valence-electron chi connectivity index (χ1n) is 15.4. The largest absolute Gasteiger partial charge is 0.497 e. The Morgan fingerprint density at radius 1 is 0.878 bits per heavy atom. The second-order valence-electron chi connectivity index (χ2n) is 11.5. The molecule has 1 aliphatic rings. The number of rotatable bonds is 10. The maximum atomic E-state index is 13.3. The number of alkyl halides is 6. The van der Waals surface area contributed by atoms with Crippen molar-refractivity contribution in [2.45, 2.75) is 49.7 Å². The number of hydrogen-bond donors (Lipinski definition) is 0. The summed E-state index contributed by atoms with van der Waals surface area (Å²) in [5.74, 6) is 0.964. The third kappa shape index (κ3) is 8.56. The molecule has 0 N–H and O–H groups in total. The molecule has 1 aromatic heterocycles. The van der Waals surface area contributed by atoms with Gasteiger partial charge in [0.1, 0.15) is 5.75 Å². The minimum absolute atomic E-state index is 0.0107. The lowest BCUT2D eigenvalue weighted by molar-refractivity contribution is -0.143. The molecule has 4 aromatic rings. The van der Waals surface area contributed by atoms with Gasteiger partial charge in [-0.1, -0.05) is 42.1 Å². The van der Waals surface area contributed by atoms with Gasteiger partial charge in [-0.2, -0.15) is 26.3 Å². The van der Waals surface area contributed by atoms with E-state index in [1.54, 1.807) is 18.9 Å². The molecular weight excluding hydrogens is 672 g/mol. The van der Waals surface area contributed by atoms with Crippen LogP contribution in [0.25, 0.3) is 17.1 Å². The van der Waals surface area contributed by atoms with Crippen molar-refractivity contribution in [2.24, 2.45) is 0 Å². The summed E-state index contributed by atoms with van der Waals surface area (Å²) in [5.41, 5.74) is -2.04. The first kappa shape index (κ1) is 35.8. The van der Waals surface area contributed by atoms with E-state index in [1.807, 2.05) is 59.2 Å². The third-order valence-corrected chi connectivity index (χ3v) is 9.10. The van der Waals surface area contributed by atoms with Gasteiger partial charge in [0.25, 0.3) is 5.91 Å². The highest BCUT2D eigenvalue weighted by Gasteiger charge is 2.39. The van der Waals surface area contributed by atoms with Gasteiger partial charge in [-0.3, -0.25) is 14.2 Å². The van der Waals surface area contributed by atoms with Crippen LogP contribution in [0.3, 0.4) is 0 Å². The number of piperazine rings is 1. The number of halogens is 6. The lowest BCUT2D eigenvalue weighted by Crippen LogP contribution is -2.55. The Balaban J connectivity index is 1.16. The van der Waals surface area contributed by atoms with Crippen molar-refractivity contribution in [1.29, 1.82) is 0 Å². The highest BCUT2D eigenvalue weighted by Crippen LogP contribution is 2.37. The molecule has 49 heavy (non-hydrogen) atoms. The first-order chi connectivity index (χ1) is 23.3. The van der Waals surface area contributed by atoms with Crippen molar-refractivity contribution in [2.75, 3.05) is 32.5 Å². The number of carbonyl (C=O) groups is 2. The summed E-state index contributed by atoms with van der Waals surface area (Å²) < 4.78 is 87.2. The molecule has 0 bridgehead atoms. The van der Waals surface area contributed by atoms with Crippen LogP contribution in [-0.2, 0) is 17.1 Å². The first-order valence-corrected chi connectivity index (χ1v) is 16.4. The fourth-order valence-electron chi connectivity index (χ4n) is 5.53. The molecule has 0 spiro atoms. The lowest BCUT2D eigenvalue weighted by Gasteiger charge is -2.40. The van der Waals surface area contributed by atoms with Crippen molar-refractivity contribution in [3.05, 3.63) is 89.5 Å². The number of ether oxygens (including phenoxy) is 1. The summed E-state index contributed by atoms with van der Waals surface area (Å²) in [5, 5.41) is 9.56. The van der Waals surface area contributed by atoms with Gasteiger partial charge in [-0.15, -0.1) is 10.2 Å². The minimum Gasteiger partial charge on any atom is -0.497 e. The van der Waals surface area contributed by atoms with Crippen LogP contribution in [0.1, 0.15) is 47.7 Å². The maximum Gasteiger partial charge on any atom is 0.416 e. The second kappa shape index (κ2) is 14.9. The molecule has 260 valence electrons. The van der Waals surface area contributed by atoms with Gasteiger partial charge in [-0.05, 0) is 62.2 Å². The zero-order valence-corrected chi connectivity index (χ0v) is 27.4. The Labute approximate surface area is 283 Å². The average molecular weight is 706 g/mol. The Morgan fingerprint density at radius 2 is 1.53 bits per heavy atom. The van der Waals surface area contributed by atoms with Crippen molar-refractivity contribution >= 4 is 23.6 Å². The highest BCUT2D eigenvalue weighted by atomic mass is 32.2. The monoisotopic (exact) mass is 705 g/mol. The van der Waals surface area contributed by atoms with E-state index < -0.39 is 41.0 Å². The Bertz CT molecular complexity index is 1730. The Kier molecular flexibility index (Phi) is 10.9. The summed E-state index contributed by atoms with van der Waals surface area (Å²) >= 11 is 1.51. The fraction of sp³-hybridized carbons (Fsp3) is 0.353. The van der Waals surface area contributed by atoms with Gasteiger partial charge < -0.3 is 14.5 Å². The zero-order chi connectivity index (χ0) is 35.3. The van der Waals surface area contributed by atoms with Crippen LogP contribution in [0.15, 0.2) is 78.0 Å². The number of hydrogen-bond acceptors (Lipinski definition) is 6. The quantitative estimate of drug-likeness (QED) is 0.0960. The van der Waals surface area contributed by atoms with Crippen LogP contribution in [0.2, 0.25) is 0 Å². The molecule has 8 nitrogen and oxygen atoms in total. The number of thioether (sulfide) groups is 1. The number of carbonyl (C=O) groups excluding carboxylic acids is 2. The van der Waals surface area contributed by atoms with Gasteiger partial charge in [0.2, 0.25) is 5.91 Å². The molecule has 5 rings (SSSR count). The summed E-state index contributed by atoms with van der Waals surface area (Å²) in [6.45, 7) is 1.80. The molecule has 3 aromatic carbocycles. The molecule has 1 atom stereocenters. The predicted octanol–water partition coefficient (Wildman–Crippen LogP) is 7.62. The number of methoxy groups -OCH3 is 1. The van der Waals surface area contributed by atoms with E-state index >= 15 is 0 Å². The van der Waals surface area contributed by atoms with Gasteiger partial charge >= 0.3 is 12.4 Å². The van der Waals surface area contributed by atoms with E-state index in [2.05, 4.69) is 10.2 Å². The third-order valence-electron chi connectivity index (χ3n) is 8.09. The van der Waals surface area contributed by atoms with E-state index in [-0.39, 0.29) is 38.0 Å². The topological polar surface area (TPSA) is 80.6 Å². The number of amides is 2. The minimum atomic E-state index is -5.06. The fourth-order valence-corrected chi connectivity index (χ4v) is 6.48. The van der Waals surface area contributed by atoms with Gasteiger partial charge in [-0.25, -0.2) is 0 Å². The summed E-state index contributed by atoms with van der Waals surface area (Å²) in [7, 11) is 1.60. The van der Waals surface area contributed by atoms with Crippen LogP contribution < -0.4 is 4.74 Å². The number of unbranched alkanes of at least 4 members (excludes halogenated alkanes) is 1. The standard InChI is InChI=1S/C34H33F6N5O3S/c1-22-21-43(15-16-44(22)31(47)24-18-25(33(35,36)37)20-26(19-24)34(38,39)40)29(46)10-6-7-17-49-32-42-41-30(23-8-4-3-5-9-23)45(32)27-11-13-28(48-2)14-12-27/h3-5,8-9,11-14,18-20,22H,6-7,10,15-17,21H2,1-2H3. The van der Waals surface area contributed by atoms with Crippen LogP contribution in [0, 0.1) is 0 Å². The number of aromatic nitrogens is 3. The Morgan fingerprint density at radius 3 is 2.12 bits per heavy atom. The predicted molar refractivity (Wildman–Crippen MR) is 171 cm³/mol. The van der Waals surface area contributed by atoms with Crippen molar-refractivity contribution in [3.8, 4) is 22.8 Å². The van der Waals surface area contributed by atoms with E-state index in [0.717, 1.165) is 17.0 Å². The lowest BCUT2D eigenvalue weighted by atomic mass is 10.0. The molecule has 0 saturated carbocycles. The van der Waals surface area contributed by atoms with E-state index in [1.165, 1.54) is 16.7 Å². The molecule has 0 radical (unpaired) electrons. The van der Waals surface area contributed by atoms with E-state index in [4.69, 9.17) is 4.74 Å². The average Bonchev–Trinajstić information content (AvgIpc) is 3.51. The maximum absolute atomic E-state index is 13.3. The molecule has 1 unspecified atom stereocenters. The van der Waals surface area contributed by atoms with Gasteiger partial charge in [0, 0.05) is 54.7 Å². The van der Waals surface area contributed by atoms with Gasteiger partial charge in [0.05, 0.1) is 18.2 Å². The smallest absolute Gasteiger partial charge is 0.416 e. The van der Waals surface area contributed by atoms with Crippen LogP contribution >= 0.6 is 11.8 Å². The van der Waals surface area contributed by atoms with E-state index in [0.29, 0.717) is 41.7 Å². The normalized spacial score (nSPS) is 15.4. The second-order valence-corrected chi connectivity index (χ2v) is 12.6.